The standard InChI is InChI=1S/C13H16N4O2/c1-2-16-6-7-17(13(16)19)9-12(18)15-11-5-3-4-10(14)8-11/h3-8H,2,9,14H2,1H3,(H,15,18). The summed E-state index contributed by atoms with van der Waals surface area (Å²) in [6.07, 6.45) is 3.26. The number of aromatic nitrogens is 2. The first-order valence-electron chi connectivity index (χ1n) is 6.01. The number of carbonyl (C=O) groups is 1. The number of benzene rings is 1. The summed E-state index contributed by atoms with van der Waals surface area (Å²) in [4.78, 5) is 23.6. The van der Waals surface area contributed by atoms with Crippen molar-refractivity contribution in [1.29, 1.82) is 0 Å². The van der Waals surface area contributed by atoms with Gasteiger partial charge >= 0.3 is 5.69 Å². The highest BCUT2D eigenvalue weighted by Crippen LogP contribution is 2.11. The molecule has 19 heavy (non-hydrogen) atoms. The molecule has 0 bridgehead atoms. The third-order valence-electron chi connectivity index (χ3n) is 2.74. The lowest BCUT2D eigenvalue weighted by atomic mass is 10.3. The average molecular weight is 260 g/mol. The Morgan fingerprint density at radius 1 is 1.32 bits per heavy atom. The smallest absolute Gasteiger partial charge is 0.328 e. The molecule has 0 atom stereocenters. The quantitative estimate of drug-likeness (QED) is 0.801. The van der Waals surface area contributed by atoms with Crippen LogP contribution in [0.1, 0.15) is 6.92 Å². The number of hydrogen-bond donors (Lipinski definition) is 2. The van der Waals surface area contributed by atoms with E-state index in [0.29, 0.717) is 17.9 Å². The van der Waals surface area contributed by atoms with Crippen molar-refractivity contribution in [1.82, 2.24) is 9.13 Å². The van der Waals surface area contributed by atoms with Crippen molar-refractivity contribution in [2.75, 3.05) is 11.1 Å². The van der Waals surface area contributed by atoms with E-state index in [2.05, 4.69) is 5.32 Å². The van der Waals surface area contributed by atoms with Crippen LogP contribution in [0.4, 0.5) is 11.4 Å². The van der Waals surface area contributed by atoms with E-state index in [9.17, 15) is 9.59 Å². The molecule has 6 heteroatoms. The number of nitrogens with one attached hydrogen (secondary N) is 1. The molecule has 0 fully saturated rings. The number of nitrogen functional groups attached to an aromatic ring is 1. The highest BCUT2D eigenvalue weighted by atomic mass is 16.2. The van der Waals surface area contributed by atoms with E-state index in [1.165, 1.54) is 9.13 Å². The van der Waals surface area contributed by atoms with Crippen LogP contribution in [-0.2, 0) is 17.9 Å². The van der Waals surface area contributed by atoms with E-state index < -0.39 is 0 Å². The van der Waals surface area contributed by atoms with Crippen molar-refractivity contribution < 1.29 is 4.79 Å². The van der Waals surface area contributed by atoms with Crippen molar-refractivity contribution in [3.63, 3.8) is 0 Å². The molecule has 6 nitrogen and oxygen atoms in total. The number of hydrogen-bond acceptors (Lipinski definition) is 3. The summed E-state index contributed by atoms with van der Waals surface area (Å²) >= 11 is 0. The Morgan fingerprint density at radius 3 is 2.68 bits per heavy atom. The van der Waals surface area contributed by atoms with Gasteiger partial charge in [-0.25, -0.2) is 4.79 Å². The van der Waals surface area contributed by atoms with E-state index >= 15 is 0 Å². The van der Waals surface area contributed by atoms with Crippen molar-refractivity contribution in [3.05, 3.63) is 47.1 Å². The number of nitrogens with two attached hydrogens (primary N) is 1. The fraction of sp³-hybridized carbons (Fsp3) is 0.231. The molecule has 1 aromatic heterocycles. The molecule has 0 aliphatic heterocycles. The Labute approximate surface area is 110 Å². The van der Waals surface area contributed by atoms with Crippen molar-refractivity contribution >= 4 is 17.3 Å². The Morgan fingerprint density at radius 2 is 2.05 bits per heavy atom. The van der Waals surface area contributed by atoms with Gasteiger partial charge in [0.15, 0.2) is 0 Å². The molecule has 0 unspecified atom stereocenters. The van der Waals surface area contributed by atoms with E-state index in [1.807, 2.05) is 6.92 Å². The Hall–Kier alpha value is -2.50. The van der Waals surface area contributed by atoms with Crippen LogP contribution in [0.3, 0.4) is 0 Å². The van der Waals surface area contributed by atoms with E-state index in [0.717, 1.165) is 0 Å². The van der Waals surface area contributed by atoms with E-state index in [-0.39, 0.29) is 18.1 Å². The van der Waals surface area contributed by atoms with Crippen molar-refractivity contribution in [3.8, 4) is 0 Å². The number of nitrogens with zero attached hydrogens (tertiary/aromatic N) is 2. The summed E-state index contributed by atoms with van der Waals surface area (Å²) < 4.78 is 2.90. The molecule has 1 heterocycles. The summed E-state index contributed by atoms with van der Waals surface area (Å²) in [5.74, 6) is -0.262. The third kappa shape index (κ3) is 3.04. The first-order valence-corrected chi connectivity index (χ1v) is 6.01. The zero-order valence-electron chi connectivity index (χ0n) is 10.7. The molecule has 3 N–H and O–H groups in total. The molecule has 0 aliphatic rings. The number of carbonyl (C=O) groups excluding carboxylic acids is 1. The molecule has 1 amide bonds. The zero-order valence-corrected chi connectivity index (χ0v) is 10.7. The molecule has 0 saturated carbocycles. The summed E-state index contributed by atoms with van der Waals surface area (Å²) in [5, 5.41) is 2.70. The predicted octanol–water partition coefficient (Wildman–Crippen LogP) is 0.891. The largest absolute Gasteiger partial charge is 0.399 e. The van der Waals surface area contributed by atoms with Gasteiger partial charge in [-0.15, -0.1) is 0 Å². The molecule has 0 saturated heterocycles. The monoisotopic (exact) mass is 260 g/mol. The highest BCUT2D eigenvalue weighted by Gasteiger charge is 2.07. The van der Waals surface area contributed by atoms with Crippen molar-refractivity contribution in [2.45, 2.75) is 20.0 Å². The fourth-order valence-corrected chi connectivity index (χ4v) is 1.79. The van der Waals surface area contributed by atoms with Gasteiger partial charge in [-0.3, -0.25) is 13.9 Å². The SMILES string of the molecule is CCn1ccn(CC(=O)Nc2cccc(N)c2)c1=O. The first-order chi connectivity index (χ1) is 9.10. The second-order valence-corrected chi connectivity index (χ2v) is 4.17. The first kappa shape index (κ1) is 12.9. The van der Waals surface area contributed by atoms with Crippen LogP contribution in [0.2, 0.25) is 0 Å². The summed E-state index contributed by atoms with van der Waals surface area (Å²) in [5.41, 5.74) is 6.63. The Balaban J connectivity index is 2.05. The minimum Gasteiger partial charge on any atom is -0.399 e. The molecule has 100 valence electrons. The lowest BCUT2D eigenvalue weighted by molar-refractivity contribution is -0.116. The maximum Gasteiger partial charge on any atom is 0.328 e. The normalized spacial score (nSPS) is 10.4. The van der Waals surface area contributed by atoms with Gasteiger partial charge in [-0.1, -0.05) is 6.07 Å². The van der Waals surface area contributed by atoms with Crippen LogP contribution in [-0.4, -0.2) is 15.0 Å². The number of aryl methyl sites for hydroxylation is 1. The maximum absolute atomic E-state index is 11.8. The molecule has 0 spiro atoms. The molecule has 2 aromatic rings. The summed E-state index contributed by atoms with van der Waals surface area (Å²) in [6.45, 7) is 2.45. The van der Waals surface area contributed by atoms with Gasteiger partial charge in [0.1, 0.15) is 6.54 Å². The fourth-order valence-electron chi connectivity index (χ4n) is 1.79. The van der Waals surface area contributed by atoms with Crippen LogP contribution >= 0.6 is 0 Å². The van der Waals surface area contributed by atoms with Gasteiger partial charge < -0.3 is 11.1 Å². The average Bonchev–Trinajstić information content (AvgIpc) is 2.70. The Bertz CT molecular complexity index is 642. The van der Waals surface area contributed by atoms with E-state index in [1.54, 1.807) is 36.7 Å². The van der Waals surface area contributed by atoms with Crippen molar-refractivity contribution in [2.24, 2.45) is 0 Å². The molecular weight excluding hydrogens is 244 g/mol. The third-order valence-corrected chi connectivity index (χ3v) is 2.74. The van der Waals surface area contributed by atoms with Crippen LogP contribution in [0.15, 0.2) is 41.5 Å². The molecule has 0 aliphatic carbocycles. The van der Waals surface area contributed by atoms with Gasteiger partial charge in [-0.2, -0.15) is 0 Å². The minimum atomic E-state index is -0.262. The molecule has 0 radical (unpaired) electrons. The van der Waals surface area contributed by atoms with E-state index in [4.69, 9.17) is 5.73 Å². The van der Waals surface area contributed by atoms with Gasteiger partial charge in [0, 0.05) is 30.3 Å². The second kappa shape index (κ2) is 5.43. The molecule has 1 aromatic carbocycles. The van der Waals surface area contributed by atoms with Gasteiger partial charge in [-0.05, 0) is 25.1 Å². The summed E-state index contributed by atoms with van der Waals surface area (Å²) in [7, 11) is 0. The topological polar surface area (TPSA) is 82.1 Å². The predicted molar refractivity (Wildman–Crippen MR) is 73.9 cm³/mol. The second-order valence-electron chi connectivity index (χ2n) is 4.17. The van der Waals surface area contributed by atoms with Crippen LogP contribution in [0.5, 0.6) is 0 Å². The summed E-state index contributed by atoms with van der Waals surface area (Å²) in [6, 6.07) is 6.90. The Kier molecular flexibility index (Phi) is 3.70. The maximum atomic E-state index is 11.8. The van der Waals surface area contributed by atoms with Gasteiger partial charge in [0.05, 0.1) is 0 Å². The highest BCUT2D eigenvalue weighted by molar-refractivity contribution is 5.90. The lowest BCUT2D eigenvalue weighted by Crippen LogP contribution is -2.28. The van der Waals surface area contributed by atoms with Gasteiger partial charge in [0.25, 0.3) is 0 Å². The lowest BCUT2D eigenvalue weighted by Gasteiger charge is -2.06. The van der Waals surface area contributed by atoms with Gasteiger partial charge in [0.2, 0.25) is 5.91 Å². The molecule has 2 rings (SSSR count). The molecular formula is C13H16N4O2. The van der Waals surface area contributed by atoms with Crippen LogP contribution in [0, 0.1) is 0 Å². The zero-order chi connectivity index (χ0) is 13.8. The number of anilines is 2. The number of imidazole rings is 1. The number of rotatable bonds is 4. The van der Waals surface area contributed by atoms with Crippen LogP contribution < -0.4 is 16.7 Å². The van der Waals surface area contributed by atoms with Crippen LogP contribution in [0.25, 0.3) is 0 Å². The minimum absolute atomic E-state index is 0.0133. The number of amides is 1.